The maximum absolute atomic E-state index is 13.1. The van der Waals surface area contributed by atoms with Gasteiger partial charge in [-0.3, -0.25) is 48.6 Å². The largest absolute Gasteiger partial charge is 0.368 e. The van der Waals surface area contributed by atoms with Gasteiger partial charge in [-0.1, -0.05) is 0 Å². The average Bonchev–Trinajstić information content (AvgIpc) is 4.01. The second kappa shape index (κ2) is 18.2. The fraction of sp³-hybridized carbons (Fsp3) is 0.515. The van der Waals surface area contributed by atoms with E-state index in [9.17, 15) is 47.9 Å². The highest BCUT2D eigenvalue weighted by molar-refractivity contribution is 6.04. The number of amides is 12. The van der Waals surface area contributed by atoms with Gasteiger partial charge in [-0.05, 0) is 25.7 Å². The van der Waals surface area contributed by atoms with Crippen LogP contribution in [0.2, 0.25) is 0 Å². The van der Waals surface area contributed by atoms with Gasteiger partial charge in [0.05, 0.1) is 25.5 Å². The van der Waals surface area contributed by atoms with Crippen molar-refractivity contribution < 1.29 is 47.9 Å². The molecule has 306 valence electrons. The predicted octanol–water partition coefficient (Wildman–Crippen LogP) is -4.64. The second-order valence-corrected chi connectivity index (χ2v) is 13.8. The third-order valence-corrected chi connectivity index (χ3v) is 9.85. The third kappa shape index (κ3) is 10.3. The van der Waals surface area contributed by atoms with Crippen molar-refractivity contribution >= 4 is 59.3 Å². The maximum Gasteiger partial charge on any atom is 0.324 e. The molecule has 24 nitrogen and oxygen atoms in total. The molecule has 0 bridgehead atoms. The fourth-order valence-electron chi connectivity index (χ4n) is 6.88. The summed E-state index contributed by atoms with van der Waals surface area (Å²) in [6, 6.07) is -7.14. The van der Waals surface area contributed by atoms with Crippen molar-refractivity contribution in [3.63, 3.8) is 0 Å². The van der Waals surface area contributed by atoms with Crippen molar-refractivity contribution in [2.24, 2.45) is 11.5 Å². The zero-order valence-electron chi connectivity index (χ0n) is 30.8. The Bertz CT molecular complexity index is 1850. The van der Waals surface area contributed by atoms with E-state index in [2.05, 4.69) is 41.2 Å². The van der Waals surface area contributed by atoms with E-state index in [0.717, 1.165) is 4.90 Å². The second-order valence-electron chi connectivity index (χ2n) is 13.8. The van der Waals surface area contributed by atoms with E-state index >= 15 is 0 Å². The Morgan fingerprint density at radius 1 is 0.754 bits per heavy atom. The molecular weight excluding hydrogens is 752 g/mol. The Hall–Kier alpha value is -6.88. The number of aromatic nitrogens is 4. The molecule has 0 radical (unpaired) electrons. The van der Waals surface area contributed by atoms with Crippen LogP contribution in [0, 0.1) is 0 Å². The van der Waals surface area contributed by atoms with Crippen molar-refractivity contribution in [2.45, 2.75) is 87.6 Å². The molecule has 24 heteroatoms. The molecule has 0 saturated carbocycles. The number of hydrogen-bond donors (Lipinski definition) is 9. The summed E-state index contributed by atoms with van der Waals surface area (Å²) >= 11 is 0. The molecule has 0 aromatic carbocycles. The zero-order chi connectivity index (χ0) is 41.4. The van der Waals surface area contributed by atoms with Gasteiger partial charge in [-0.25, -0.2) is 19.6 Å². The lowest BCUT2D eigenvalue weighted by Gasteiger charge is -2.31. The molecule has 12 amide bonds. The minimum Gasteiger partial charge on any atom is -0.368 e. The topological polar surface area (TPSA) is 350 Å². The van der Waals surface area contributed by atoms with Gasteiger partial charge < -0.3 is 52.5 Å². The summed E-state index contributed by atoms with van der Waals surface area (Å²) in [4.78, 5) is 138. The molecule has 57 heavy (non-hydrogen) atoms. The van der Waals surface area contributed by atoms with Crippen molar-refractivity contribution in [1.82, 2.24) is 61.2 Å². The molecule has 11 N–H and O–H groups in total. The number of likely N-dealkylation sites (tertiary alicyclic amines) is 2. The van der Waals surface area contributed by atoms with Crippen LogP contribution in [0.3, 0.4) is 0 Å². The van der Waals surface area contributed by atoms with Gasteiger partial charge in [-0.2, -0.15) is 0 Å². The van der Waals surface area contributed by atoms with Gasteiger partial charge in [0.2, 0.25) is 47.3 Å². The molecule has 6 heterocycles. The Morgan fingerprint density at radius 2 is 1.23 bits per heavy atom. The molecule has 4 aliphatic heterocycles. The Morgan fingerprint density at radius 3 is 1.63 bits per heavy atom. The molecule has 0 aliphatic carbocycles. The standard InChI is InChI=1S/C17H23N7O5.C16H21N7O5/c1-23-13(25)6-10(22-17(23)29)15(27)21-11(5-9-7-19-8-20-9)16(28)24-4-2-3-12(24)14(18)26;17-13(25)11-2-1-3-23(11)15(27)10(4-8-6-18-7-19-8)20-14(26)9-5-12(24)22-16(28)21-9/h7-8,10-12H,2-6H2,1H3,(H2,18,26)(H,19,20)(H,21,27)(H,22,29);6-7,9-11H,1-5H2,(H2,17,25)(H,18,19)(H,20,26)(H2,21,22,24,28)/t10?,11-,12-;9?,10-,11-/m00/s1. The summed E-state index contributed by atoms with van der Waals surface area (Å²) in [6.45, 7) is 0.704. The number of primary amides is 2. The lowest BCUT2D eigenvalue weighted by atomic mass is 10.1. The van der Waals surface area contributed by atoms with Gasteiger partial charge in [0, 0.05) is 56.8 Å². The van der Waals surface area contributed by atoms with Gasteiger partial charge in [0.1, 0.15) is 36.3 Å². The predicted molar refractivity (Wildman–Crippen MR) is 191 cm³/mol. The first-order valence-electron chi connectivity index (χ1n) is 18.0. The molecule has 2 aromatic heterocycles. The number of imide groups is 2. The quantitative estimate of drug-likeness (QED) is 0.0980. The van der Waals surface area contributed by atoms with Crippen LogP contribution in [0.4, 0.5) is 9.59 Å². The summed E-state index contributed by atoms with van der Waals surface area (Å²) in [5.41, 5.74) is 12.0. The van der Waals surface area contributed by atoms with Crippen molar-refractivity contribution in [3.05, 3.63) is 36.4 Å². The number of imidazole rings is 2. The van der Waals surface area contributed by atoms with Crippen LogP contribution >= 0.6 is 0 Å². The minimum atomic E-state index is -1.09. The molecule has 6 atom stereocenters. The Balaban J connectivity index is 0.000000218. The summed E-state index contributed by atoms with van der Waals surface area (Å²) in [7, 11) is 1.31. The van der Waals surface area contributed by atoms with Crippen LogP contribution in [0.25, 0.3) is 0 Å². The third-order valence-electron chi connectivity index (χ3n) is 9.85. The highest BCUT2D eigenvalue weighted by atomic mass is 16.2. The summed E-state index contributed by atoms with van der Waals surface area (Å²) in [5, 5.41) is 12.0. The van der Waals surface area contributed by atoms with E-state index in [1.807, 2.05) is 5.32 Å². The molecule has 6 rings (SSSR count). The molecule has 2 aromatic rings. The monoisotopic (exact) mass is 796 g/mol. The van der Waals surface area contributed by atoms with E-state index in [4.69, 9.17) is 11.5 Å². The number of urea groups is 2. The lowest BCUT2D eigenvalue weighted by molar-refractivity contribution is -0.141. The summed E-state index contributed by atoms with van der Waals surface area (Å²) in [6.07, 6.45) is 7.83. The van der Waals surface area contributed by atoms with Crippen molar-refractivity contribution in [3.8, 4) is 0 Å². The number of nitrogens with zero attached hydrogens (tertiary/aromatic N) is 5. The molecule has 0 spiro atoms. The Labute approximate surface area is 324 Å². The van der Waals surface area contributed by atoms with E-state index in [0.29, 0.717) is 50.2 Å². The molecule has 4 fully saturated rings. The highest BCUT2D eigenvalue weighted by Gasteiger charge is 2.41. The van der Waals surface area contributed by atoms with E-state index in [1.165, 1.54) is 41.9 Å². The van der Waals surface area contributed by atoms with E-state index in [1.54, 1.807) is 0 Å². The summed E-state index contributed by atoms with van der Waals surface area (Å²) in [5.74, 6) is -4.55. The number of nitrogens with two attached hydrogens (primary N) is 2. The number of carbonyl (C=O) groups excluding carboxylic acids is 10. The van der Waals surface area contributed by atoms with Crippen LogP contribution in [0.1, 0.15) is 49.9 Å². The number of nitrogens with one attached hydrogen (secondary N) is 7. The van der Waals surface area contributed by atoms with Crippen LogP contribution < -0.4 is 38.1 Å². The highest BCUT2D eigenvalue weighted by Crippen LogP contribution is 2.21. The summed E-state index contributed by atoms with van der Waals surface area (Å²) < 4.78 is 0. The molecular formula is C33H44N14O10. The van der Waals surface area contributed by atoms with E-state index < -0.39 is 95.6 Å². The Kier molecular flexibility index (Phi) is 13.2. The normalized spacial score (nSPS) is 22.9. The zero-order valence-corrected chi connectivity index (χ0v) is 30.8. The van der Waals surface area contributed by atoms with Gasteiger partial charge in [0.15, 0.2) is 0 Å². The fourth-order valence-corrected chi connectivity index (χ4v) is 6.88. The van der Waals surface area contributed by atoms with Crippen LogP contribution in [0.15, 0.2) is 25.0 Å². The first-order valence-corrected chi connectivity index (χ1v) is 18.0. The number of rotatable bonds is 12. The first kappa shape index (κ1) is 41.3. The number of carbonyl (C=O) groups is 10. The van der Waals surface area contributed by atoms with Crippen LogP contribution in [0.5, 0.6) is 0 Å². The SMILES string of the molecule is CN1C(=O)CC(C(=O)N[C@@H](Cc2cnc[nH]2)C(=O)N2CCC[C@H]2C(N)=O)NC1=O.NC(=O)[C@@H]1CCCN1C(=O)[C@H](Cc1cnc[nH]1)NC(=O)C1CC(=O)NC(=O)N1. The van der Waals surface area contributed by atoms with Crippen molar-refractivity contribution in [1.29, 1.82) is 0 Å². The van der Waals surface area contributed by atoms with Gasteiger partial charge in [-0.15, -0.1) is 0 Å². The number of hydrogen-bond acceptors (Lipinski definition) is 12. The molecule has 2 unspecified atom stereocenters. The lowest BCUT2D eigenvalue weighted by Crippen LogP contribution is -2.61. The first-order chi connectivity index (χ1) is 27.1. The van der Waals surface area contributed by atoms with Gasteiger partial charge >= 0.3 is 12.1 Å². The smallest absolute Gasteiger partial charge is 0.324 e. The maximum atomic E-state index is 13.1. The van der Waals surface area contributed by atoms with Crippen LogP contribution in [-0.2, 0) is 51.2 Å². The van der Waals surface area contributed by atoms with E-state index in [-0.39, 0.29) is 25.7 Å². The van der Waals surface area contributed by atoms with Gasteiger partial charge in [0.25, 0.3) is 0 Å². The number of aromatic amines is 2. The van der Waals surface area contributed by atoms with Crippen LogP contribution in [-0.4, -0.2) is 150 Å². The van der Waals surface area contributed by atoms with Crippen molar-refractivity contribution in [2.75, 3.05) is 20.1 Å². The molecule has 4 saturated heterocycles. The number of H-pyrrole nitrogens is 2. The molecule has 4 aliphatic rings. The minimum absolute atomic E-state index is 0.0966. The average molecular weight is 797 g/mol.